The van der Waals surface area contributed by atoms with Crippen molar-refractivity contribution in [1.82, 2.24) is 10.2 Å². The van der Waals surface area contributed by atoms with Crippen molar-refractivity contribution in [2.24, 2.45) is 0 Å². The molecule has 2 aliphatic rings. The SMILES string of the molecule is COc1ccccc1N1CCN(c2ccc(NC(=O)c3cccs3)cc2C(=O)NCCN2CCOCC2)CC1. The second-order valence-corrected chi connectivity index (χ2v) is 10.5. The number of carbonyl (C=O) groups is 2. The molecule has 0 aliphatic carbocycles. The number of carbonyl (C=O) groups excluding carboxylic acids is 2. The molecular formula is C29H35N5O4S. The third kappa shape index (κ3) is 6.70. The van der Waals surface area contributed by atoms with E-state index < -0.39 is 0 Å². The maximum Gasteiger partial charge on any atom is 0.265 e. The van der Waals surface area contributed by atoms with E-state index in [0.29, 0.717) is 22.7 Å². The van der Waals surface area contributed by atoms with Gasteiger partial charge in [-0.2, -0.15) is 0 Å². The van der Waals surface area contributed by atoms with Crippen LogP contribution in [0, 0.1) is 0 Å². The predicted molar refractivity (Wildman–Crippen MR) is 156 cm³/mol. The Kier molecular flexibility index (Phi) is 8.97. The summed E-state index contributed by atoms with van der Waals surface area (Å²) < 4.78 is 11.0. The summed E-state index contributed by atoms with van der Waals surface area (Å²) in [5.41, 5.74) is 3.11. The molecule has 3 aromatic rings. The zero-order chi connectivity index (χ0) is 27.0. The number of anilines is 3. The first-order chi connectivity index (χ1) is 19.1. The van der Waals surface area contributed by atoms with Crippen LogP contribution >= 0.6 is 11.3 Å². The standard InChI is InChI=1S/C29H35N5O4S/c1-37-26-6-3-2-5-25(26)34-14-12-33(13-15-34)24-9-8-22(31-29(36)27-7-4-20-39-27)21-23(24)28(35)30-10-11-32-16-18-38-19-17-32/h2-9,20-21H,10-19H2,1H3,(H,30,35)(H,31,36). The van der Waals surface area contributed by atoms with E-state index in [-0.39, 0.29) is 11.8 Å². The highest BCUT2D eigenvalue weighted by molar-refractivity contribution is 7.12. The highest BCUT2D eigenvalue weighted by Crippen LogP contribution is 2.31. The largest absolute Gasteiger partial charge is 0.495 e. The number of benzene rings is 2. The first-order valence-corrected chi connectivity index (χ1v) is 14.2. The fraction of sp³-hybridized carbons (Fsp3) is 0.379. The number of nitrogens with zero attached hydrogens (tertiary/aromatic N) is 3. The number of methoxy groups -OCH3 is 1. The Labute approximate surface area is 233 Å². The van der Waals surface area contributed by atoms with Gasteiger partial charge in [-0.1, -0.05) is 18.2 Å². The number of hydrogen-bond acceptors (Lipinski definition) is 8. The number of piperazine rings is 1. The Hall–Kier alpha value is -3.60. The molecule has 206 valence electrons. The number of thiophene rings is 1. The zero-order valence-electron chi connectivity index (χ0n) is 22.2. The molecular weight excluding hydrogens is 514 g/mol. The van der Waals surface area contributed by atoms with Gasteiger partial charge in [0.15, 0.2) is 0 Å². The van der Waals surface area contributed by atoms with Gasteiger partial charge >= 0.3 is 0 Å². The molecule has 0 spiro atoms. The molecule has 2 aromatic carbocycles. The first kappa shape index (κ1) is 27.0. The fourth-order valence-electron chi connectivity index (χ4n) is 5.00. The van der Waals surface area contributed by atoms with E-state index in [2.05, 4.69) is 31.4 Å². The van der Waals surface area contributed by atoms with Crippen molar-refractivity contribution in [2.75, 3.05) is 87.8 Å². The lowest BCUT2D eigenvalue weighted by Gasteiger charge is -2.38. The van der Waals surface area contributed by atoms with Gasteiger partial charge in [0.05, 0.1) is 36.5 Å². The molecule has 2 fully saturated rings. The van der Waals surface area contributed by atoms with E-state index in [1.807, 2.05) is 41.8 Å². The minimum Gasteiger partial charge on any atom is -0.495 e. The smallest absolute Gasteiger partial charge is 0.265 e. The Bertz CT molecular complexity index is 1250. The van der Waals surface area contributed by atoms with Crippen LogP contribution < -0.4 is 25.2 Å². The zero-order valence-corrected chi connectivity index (χ0v) is 23.0. The van der Waals surface area contributed by atoms with Crippen LogP contribution in [0.4, 0.5) is 17.1 Å². The molecule has 0 bridgehead atoms. The first-order valence-electron chi connectivity index (χ1n) is 13.3. The van der Waals surface area contributed by atoms with Crippen molar-refractivity contribution in [3.05, 3.63) is 70.4 Å². The molecule has 9 nitrogen and oxygen atoms in total. The number of ether oxygens (including phenoxy) is 2. The molecule has 2 amide bonds. The maximum absolute atomic E-state index is 13.5. The summed E-state index contributed by atoms with van der Waals surface area (Å²) in [5, 5.41) is 7.92. The summed E-state index contributed by atoms with van der Waals surface area (Å²) in [4.78, 5) is 33.6. The highest BCUT2D eigenvalue weighted by atomic mass is 32.1. The number of para-hydroxylation sites is 2. The molecule has 2 saturated heterocycles. The van der Waals surface area contributed by atoms with Gasteiger partial charge < -0.3 is 29.9 Å². The Morgan fingerprint density at radius 3 is 2.36 bits per heavy atom. The van der Waals surface area contributed by atoms with E-state index in [9.17, 15) is 9.59 Å². The maximum atomic E-state index is 13.5. The van der Waals surface area contributed by atoms with E-state index >= 15 is 0 Å². The lowest BCUT2D eigenvalue weighted by molar-refractivity contribution is 0.0383. The van der Waals surface area contributed by atoms with Crippen LogP contribution in [-0.4, -0.2) is 89.4 Å². The molecule has 0 saturated carbocycles. The van der Waals surface area contributed by atoms with Crippen LogP contribution in [0.25, 0.3) is 0 Å². The summed E-state index contributed by atoms with van der Waals surface area (Å²) in [6.45, 7) is 7.65. The van der Waals surface area contributed by atoms with Crippen LogP contribution in [0.5, 0.6) is 5.75 Å². The average Bonchev–Trinajstić information content (AvgIpc) is 3.53. The Morgan fingerprint density at radius 2 is 1.64 bits per heavy atom. The van der Waals surface area contributed by atoms with Crippen LogP contribution in [0.15, 0.2) is 60.0 Å². The molecule has 0 radical (unpaired) electrons. The number of hydrogen-bond donors (Lipinski definition) is 2. The summed E-state index contributed by atoms with van der Waals surface area (Å²) in [5.74, 6) is 0.539. The van der Waals surface area contributed by atoms with E-state index in [0.717, 1.165) is 76.2 Å². The topological polar surface area (TPSA) is 86.4 Å². The van der Waals surface area contributed by atoms with Crippen molar-refractivity contribution in [2.45, 2.75) is 0 Å². The molecule has 2 aliphatic heterocycles. The summed E-state index contributed by atoms with van der Waals surface area (Å²) in [6, 6.07) is 17.3. The van der Waals surface area contributed by atoms with Gasteiger partial charge in [0.25, 0.3) is 11.8 Å². The second kappa shape index (κ2) is 13.0. The number of nitrogens with one attached hydrogen (secondary N) is 2. The van der Waals surface area contributed by atoms with Crippen LogP contribution in [-0.2, 0) is 4.74 Å². The lowest BCUT2D eigenvalue weighted by atomic mass is 10.1. The van der Waals surface area contributed by atoms with Crippen molar-refractivity contribution >= 4 is 40.2 Å². The minimum absolute atomic E-state index is 0.141. The highest BCUT2D eigenvalue weighted by Gasteiger charge is 2.24. The number of amides is 2. The van der Waals surface area contributed by atoms with Gasteiger partial charge in [-0.15, -0.1) is 11.3 Å². The van der Waals surface area contributed by atoms with Crippen molar-refractivity contribution in [3.8, 4) is 5.75 Å². The molecule has 0 atom stereocenters. The Morgan fingerprint density at radius 1 is 0.897 bits per heavy atom. The molecule has 2 N–H and O–H groups in total. The fourth-order valence-corrected chi connectivity index (χ4v) is 5.62. The lowest BCUT2D eigenvalue weighted by Crippen LogP contribution is -2.47. The normalized spacial score (nSPS) is 16.1. The second-order valence-electron chi connectivity index (χ2n) is 9.52. The van der Waals surface area contributed by atoms with Gasteiger partial charge in [-0.05, 0) is 41.8 Å². The third-order valence-corrected chi connectivity index (χ3v) is 7.98. The van der Waals surface area contributed by atoms with Crippen LogP contribution in [0.3, 0.4) is 0 Å². The van der Waals surface area contributed by atoms with Gasteiger partial charge in [-0.25, -0.2) is 0 Å². The van der Waals surface area contributed by atoms with Crippen molar-refractivity contribution in [3.63, 3.8) is 0 Å². The van der Waals surface area contributed by atoms with Crippen LogP contribution in [0.2, 0.25) is 0 Å². The molecule has 1 aromatic heterocycles. The predicted octanol–water partition coefficient (Wildman–Crippen LogP) is 3.40. The van der Waals surface area contributed by atoms with Crippen LogP contribution in [0.1, 0.15) is 20.0 Å². The van der Waals surface area contributed by atoms with Gasteiger partial charge in [0, 0.05) is 63.7 Å². The average molecular weight is 550 g/mol. The summed E-state index contributed by atoms with van der Waals surface area (Å²) in [7, 11) is 1.69. The minimum atomic E-state index is -0.179. The van der Waals surface area contributed by atoms with Gasteiger partial charge in [0.1, 0.15) is 5.75 Å². The van der Waals surface area contributed by atoms with Gasteiger partial charge in [0.2, 0.25) is 0 Å². The van der Waals surface area contributed by atoms with Crippen molar-refractivity contribution in [1.29, 1.82) is 0 Å². The molecule has 3 heterocycles. The molecule has 0 unspecified atom stereocenters. The molecule has 5 rings (SSSR count). The summed E-state index contributed by atoms with van der Waals surface area (Å²) >= 11 is 1.39. The van der Waals surface area contributed by atoms with E-state index in [1.165, 1.54) is 11.3 Å². The Balaban J connectivity index is 1.30. The third-order valence-electron chi connectivity index (χ3n) is 7.11. The van der Waals surface area contributed by atoms with Crippen molar-refractivity contribution < 1.29 is 19.1 Å². The van der Waals surface area contributed by atoms with E-state index in [4.69, 9.17) is 9.47 Å². The van der Waals surface area contributed by atoms with Gasteiger partial charge in [-0.3, -0.25) is 14.5 Å². The summed E-state index contributed by atoms with van der Waals surface area (Å²) in [6.07, 6.45) is 0. The molecule has 10 heteroatoms. The quantitative estimate of drug-likeness (QED) is 0.423. The number of morpholine rings is 1. The number of rotatable bonds is 9. The van der Waals surface area contributed by atoms with E-state index in [1.54, 1.807) is 19.2 Å². The molecule has 39 heavy (non-hydrogen) atoms. The monoisotopic (exact) mass is 549 g/mol.